The lowest BCUT2D eigenvalue weighted by molar-refractivity contribution is -0.363. The third-order valence-corrected chi connectivity index (χ3v) is 14.8. The van der Waals surface area contributed by atoms with Crippen LogP contribution in [0.15, 0.2) is 97.6 Å². The van der Waals surface area contributed by atoms with Crippen molar-refractivity contribution in [2.75, 3.05) is 0 Å². The summed E-state index contributed by atoms with van der Waals surface area (Å²) < 4.78 is 0. The van der Waals surface area contributed by atoms with Crippen molar-refractivity contribution in [1.29, 1.82) is 0 Å². The van der Waals surface area contributed by atoms with Crippen LogP contribution in [0.4, 0.5) is 0 Å². The molecule has 2 rings (SSSR count). The molecule has 2 aromatic carbocycles. The van der Waals surface area contributed by atoms with Crippen molar-refractivity contribution in [2.45, 2.75) is 38.8 Å². The first-order chi connectivity index (χ1) is 18.3. The third kappa shape index (κ3) is 7.17. The smallest absolute Gasteiger partial charge is 0.289 e. The Morgan fingerprint density at radius 2 is 1.00 bits per heavy atom. The largest absolute Gasteiger partial charge is 0.373 e. The van der Waals surface area contributed by atoms with Crippen molar-refractivity contribution in [2.24, 2.45) is 0 Å². The van der Waals surface area contributed by atoms with E-state index in [1.165, 1.54) is 0 Å². The SMILES string of the molecule is [CH2]CC[C](OOC(=O)c1ccc([Si](C=C)(C=C)CC)cc1)OOC(=O)c1ccc([Si](C=C)(C=C)CC)cc1. The van der Waals surface area contributed by atoms with Crippen molar-refractivity contribution in [3.8, 4) is 0 Å². The summed E-state index contributed by atoms with van der Waals surface area (Å²) in [7, 11) is -4.02. The molecule has 0 unspecified atom stereocenters. The van der Waals surface area contributed by atoms with Crippen molar-refractivity contribution in [3.63, 3.8) is 0 Å². The average Bonchev–Trinajstić information content (AvgIpc) is 2.97. The van der Waals surface area contributed by atoms with E-state index < -0.39 is 28.1 Å². The zero-order valence-electron chi connectivity index (χ0n) is 22.2. The van der Waals surface area contributed by atoms with Gasteiger partial charge in [-0.3, -0.25) is 9.78 Å². The Balaban J connectivity index is 1.98. The molecule has 0 amide bonds. The van der Waals surface area contributed by atoms with Gasteiger partial charge in [0.15, 0.2) is 0 Å². The Hall–Kier alpha value is -3.31. The molecule has 38 heavy (non-hydrogen) atoms. The molecule has 0 fully saturated rings. The molecule has 0 heterocycles. The maximum atomic E-state index is 12.5. The first kappa shape index (κ1) is 30.9. The van der Waals surface area contributed by atoms with Crippen LogP contribution in [0.5, 0.6) is 0 Å². The Morgan fingerprint density at radius 3 is 1.26 bits per heavy atom. The second-order valence-electron chi connectivity index (χ2n) is 8.64. The van der Waals surface area contributed by atoms with Crippen molar-refractivity contribution < 1.29 is 29.1 Å². The van der Waals surface area contributed by atoms with E-state index in [1.807, 2.05) is 47.1 Å². The van der Waals surface area contributed by atoms with Crippen LogP contribution in [0.2, 0.25) is 12.1 Å². The van der Waals surface area contributed by atoms with Crippen LogP contribution in [-0.2, 0) is 19.6 Å². The minimum Gasteiger partial charge on any atom is -0.289 e. The molecule has 0 saturated heterocycles. The first-order valence-corrected chi connectivity index (χ1v) is 17.2. The highest BCUT2D eigenvalue weighted by Crippen LogP contribution is 2.18. The van der Waals surface area contributed by atoms with E-state index in [2.05, 4.69) is 47.1 Å². The Morgan fingerprint density at radius 1 is 0.658 bits per heavy atom. The van der Waals surface area contributed by atoms with E-state index in [0.29, 0.717) is 6.42 Å². The number of hydrogen-bond acceptors (Lipinski definition) is 6. The van der Waals surface area contributed by atoms with Gasteiger partial charge in [0.25, 0.3) is 0 Å². The fourth-order valence-electron chi connectivity index (χ4n) is 3.96. The number of carbonyl (C=O) groups is 2. The minimum atomic E-state index is -2.01. The Labute approximate surface area is 228 Å². The summed E-state index contributed by atoms with van der Waals surface area (Å²) in [6, 6.07) is 16.0. The lowest BCUT2D eigenvalue weighted by Gasteiger charge is -2.23. The van der Waals surface area contributed by atoms with E-state index >= 15 is 0 Å². The summed E-state index contributed by atoms with van der Waals surface area (Å²) in [5.74, 6) is -1.45. The highest BCUT2D eigenvalue weighted by Gasteiger charge is 2.28. The van der Waals surface area contributed by atoms with Gasteiger partial charge in [-0.2, -0.15) is 0 Å². The van der Waals surface area contributed by atoms with Crippen LogP contribution in [0.3, 0.4) is 0 Å². The summed E-state index contributed by atoms with van der Waals surface area (Å²) in [4.78, 5) is 44.9. The molecule has 0 spiro atoms. The fourth-order valence-corrected chi connectivity index (χ4v) is 8.79. The molecule has 6 nitrogen and oxygen atoms in total. The summed E-state index contributed by atoms with van der Waals surface area (Å²) in [6.07, 6.45) is 0.291. The molecule has 2 aromatic rings. The van der Waals surface area contributed by atoms with Crippen molar-refractivity contribution in [1.82, 2.24) is 0 Å². The summed E-state index contributed by atoms with van der Waals surface area (Å²) in [6.45, 7) is 23.8. The van der Waals surface area contributed by atoms with Crippen molar-refractivity contribution >= 4 is 38.5 Å². The molecular formula is C30H36O6Si2. The summed E-state index contributed by atoms with van der Waals surface area (Å²) in [5, 5.41) is 2.18. The molecule has 0 aliphatic carbocycles. The molecule has 0 saturated carbocycles. The highest BCUT2D eigenvalue weighted by atomic mass is 28.3. The van der Waals surface area contributed by atoms with Crippen LogP contribution in [-0.4, -0.2) is 28.1 Å². The zero-order chi connectivity index (χ0) is 28.2. The van der Waals surface area contributed by atoms with Gasteiger partial charge in [0, 0.05) is 6.42 Å². The van der Waals surface area contributed by atoms with Gasteiger partial charge in [-0.15, -0.1) is 36.1 Å². The molecule has 200 valence electrons. The molecule has 0 N–H and O–H groups in total. The van der Waals surface area contributed by atoms with Gasteiger partial charge in [0.05, 0.1) is 11.1 Å². The quantitative estimate of drug-likeness (QED) is 0.147. The molecule has 0 aromatic heterocycles. The lowest BCUT2D eigenvalue weighted by Crippen LogP contribution is -2.43. The predicted molar refractivity (Wildman–Crippen MR) is 156 cm³/mol. The van der Waals surface area contributed by atoms with E-state index in [0.717, 1.165) is 22.5 Å². The monoisotopic (exact) mass is 548 g/mol. The van der Waals surface area contributed by atoms with Gasteiger partial charge < -0.3 is 0 Å². The van der Waals surface area contributed by atoms with Gasteiger partial charge in [-0.05, 0) is 42.8 Å². The van der Waals surface area contributed by atoms with Gasteiger partial charge in [-0.1, -0.05) is 78.2 Å². The van der Waals surface area contributed by atoms with Crippen molar-refractivity contribution in [3.05, 3.63) is 122 Å². The number of hydrogen-bond donors (Lipinski definition) is 0. The molecule has 0 bridgehead atoms. The summed E-state index contributed by atoms with van der Waals surface area (Å²) in [5.41, 5.74) is 8.44. The maximum absolute atomic E-state index is 12.5. The lowest BCUT2D eigenvalue weighted by atomic mass is 10.2. The molecular weight excluding hydrogens is 512 g/mol. The molecule has 0 aliphatic rings. The maximum Gasteiger partial charge on any atom is 0.373 e. The fraction of sp³-hybridized carbons (Fsp3) is 0.200. The average molecular weight is 549 g/mol. The predicted octanol–water partition coefficient (Wildman–Crippen LogP) is 5.92. The number of rotatable bonds is 16. The highest BCUT2D eigenvalue weighted by molar-refractivity contribution is 7.00. The minimum absolute atomic E-state index is 0.144. The van der Waals surface area contributed by atoms with Crippen LogP contribution < -0.4 is 10.4 Å². The van der Waals surface area contributed by atoms with Gasteiger partial charge in [0.1, 0.15) is 16.1 Å². The standard InChI is InChI=1S/C30H36O6Si2/c1-8-15-28(33-35-29(31)24-16-20-26(21-17-24)37(9-2,10-3)11-4)34-36-30(32)25-18-22-27(23-19-25)38(12-5,13-6)14-7/h9-10,12-13,16-23H,1-3,5-6,8,11,14-15H2,4,7H3. The van der Waals surface area contributed by atoms with Crippen LogP contribution in [0.1, 0.15) is 47.4 Å². The van der Waals surface area contributed by atoms with Gasteiger partial charge >= 0.3 is 18.2 Å². The third-order valence-electron chi connectivity index (χ3n) is 6.74. The van der Waals surface area contributed by atoms with Crippen LogP contribution in [0, 0.1) is 13.2 Å². The Bertz CT molecular complexity index is 1020. The normalized spacial score (nSPS) is 11.5. The van der Waals surface area contributed by atoms with Crippen LogP contribution in [0.25, 0.3) is 0 Å². The van der Waals surface area contributed by atoms with E-state index in [1.54, 1.807) is 24.3 Å². The van der Waals surface area contributed by atoms with E-state index in [-0.39, 0.29) is 23.8 Å². The van der Waals surface area contributed by atoms with Gasteiger partial charge in [-0.25, -0.2) is 9.59 Å². The second-order valence-corrected chi connectivity index (χ2v) is 17.0. The first-order valence-electron chi connectivity index (χ1n) is 12.5. The topological polar surface area (TPSA) is 71.1 Å². The molecule has 0 aliphatic heterocycles. The molecule has 2 radical (unpaired) electrons. The van der Waals surface area contributed by atoms with Gasteiger partial charge in [0.2, 0.25) is 0 Å². The number of benzene rings is 2. The number of carbonyl (C=O) groups excluding carboxylic acids is 2. The Kier molecular flexibility index (Phi) is 11.9. The molecule has 0 atom stereocenters. The summed E-state index contributed by atoms with van der Waals surface area (Å²) >= 11 is 0. The molecule has 8 heteroatoms. The zero-order valence-corrected chi connectivity index (χ0v) is 24.2. The van der Waals surface area contributed by atoms with E-state index in [4.69, 9.17) is 19.6 Å². The second kappa shape index (κ2) is 14.6. The van der Waals surface area contributed by atoms with Crippen LogP contribution >= 0.6 is 0 Å². The van der Waals surface area contributed by atoms with E-state index in [9.17, 15) is 9.59 Å².